The number of carbonyl (C=O) groups excluding carboxylic acids is 1. The second-order valence-corrected chi connectivity index (χ2v) is 10.5. The van der Waals surface area contributed by atoms with Crippen LogP contribution in [0.25, 0.3) is 0 Å². The Bertz CT molecular complexity index is 1240. The van der Waals surface area contributed by atoms with E-state index in [0.29, 0.717) is 29.7 Å². The van der Waals surface area contributed by atoms with E-state index in [-0.39, 0.29) is 12.5 Å². The van der Waals surface area contributed by atoms with Crippen LogP contribution in [0.15, 0.2) is 41.3 Å². The fourth-order valence-electron chi connectivity index (χ4n) is 4.88. The van der Waals surface area contributed by atoms with Gasteiger partial charge in [-0.05, 0) is 55.0 Å². The molecule has 2 N–H and O–H groups in total. The lowest BCUT2D eigenvalue weighted by molar-refractivity contribution is 0.0841. The summed E-state index contributed by atoms with van der Waals surface area (Å²) in [5, 5.41) is 13.8. The molecule has 1 saturated carbocycles. The quantitative estimate of drug-likeness (QED) is 0.411. The van der Waals surface area contributed by atoms with Crippen LogP contribution in [0.4, 0.5) is 0 Å². The number of nitrogens with one attached hydrogen (secondary N) is 1. The molecule has 0 saturated heterocycles. The molecule has 8 nitrogen and oxygen atoms in total. The van der Waals surface area contributed by atoms with Gasteiger partial charge in [0.2, 0.25) is 0 Å². The molecule has 3 aromatic rings. The number of aliphatic hydroxyl groups is 1. The van der Waals surface area contributed by atoms with Crippen LogP contribution in [0.1, 0.15) is 57.9 Å². The van der Waals surface area contributed by atoms with Crippen molar-refractivity contribution >= 4 is 17.5 Å². The van der Waals surface area contributed by atoms with Crippen LogP contribution in [-0.2, 0) is 26.0 Å². The molecule has 0 unspecified atom stereocenters. The summed E-state index contributed by atoms with van der Waals surface area (Å²) in [5.74, 6) is 1.91. The maximum Gasteiger partial charge on any atom is 0.253 e. The third-order valence-corrected chi connectivity index (χ3v) is 7.63. The van der Waals surface area contributed by atoms with Crippen molar-refractivity contribution < 1.29 is 19.1 Å². The van der Waals surface area contributed by atoms with Gasteiger partial charge in [0.15, 0.2) is 12.2 Å². The molecule has 0 spiro atoms. The lowest BCUT2D eigenvalue weighted by Gasteiger charge is -2.30. The average Bonchev–Trinajstić information content (AvgIpc) is 3.28. The van der Waals surface area contributed by atoms with Crippen LogP contribution in [0.2, 0.25) is 5.02 Å². The van der Waals surface area contributed by atoms with E-state index in [1.807, 2.05) is 13.0 Å². The van der Waals surface area contributed by atoms with E-state index >= 15 is 0 Å². The molecule has 1 atom stereocenters. The van der Waals surface area contributed by atoms with Crippen molar-refractivity contribution in [2.75, 3.05) is 19.6 Å². The van der Waals surface area contributed by atoms with Gasteiger partial charge in [0.25, 0.3) is 5.91 Å². The Morgan fingerprint density at radius 1 is 1.30 bits per heavy atom. The number of nitrogens with zero attached hydrogens (tertiary/aromatic N) is 3. The SMILES string of the molecule is Cc1ncoc1COc1ccc2c(c1)CCN(C[C@@H](O)CNC(=O)c1cc(CC3CCC3)ncc1Cl)C2. The number of hydrogen-bond acceptors (Lipinski definition) is 7. The number of pyridine rings is 1. The van der Waals surface area contributed by atoms with Gasteiger partial charge in [-0.1, -0.05) is 36.9 Å². The van der Waals surface area contributed by atoms with Gasteiger partial charge in [-0.15, -0.1) is 0 Å². The Labute approximate surface area is 222 Å². The van der Waals surface area contributed by atoms with Crippen LogP contribution in [0.3, 0.4) is 0 Å². The molecule has 196 valence electrons. The summed E-state index contributed by atoms with van der Waals surface area (Å²) in [6.07, 6.45) is 7.75. The molecule has 2 aliphatic rings. The predicted molar refractivity (Wildman–Crippen MR) is 140 cm³/mol. The standard InChI is InChI=1S/C28H33ClN4O4/c1-18-27(37-17-32-18)16-36-24-6-5-21-14-33(8-7-20(21)10-24)15-23(34)12-31-28(35)25-11-22(30-13-26(25)29)9-19-3-2-4-19/h5-6,10-11,13,17,19,23,34H,2-4,7-9,12,14-16H2,1H3,(H,31,35)/t23-/m0/s1. The van der Waals surface area contributed by atoms with E-state index < -0.39 is 6.10 Å². The number of β-amino-alcohol motifs (C(OH)–C–C–N with tert-alkyl or cyclic N) is 1. The molecule has 0 radical (unpaired) electrons. The first-order valence-electron chi connectivity index (χ1n) is 12.9. The lowest BCUT2D eigenvalue weighted by atomic mass is 9.82. The Morgan fingerprint density at radius 3 is 2.92 bits per heavy atom. The fourth-order valence-corrected chi connectivity index (χ4v) is 5.06. The van der Waals surface area contributed by atoms with Gasteiger partial charge in [0.1, 0.15) is 12.4 Å². The van der Waals surface area contributed by atoms with Gasteiger partial charge < -0.3 is 19.6 Å². The van der Waals surface area contributed by atoms with Crippen LogP contribution in [0.5, 0.6) is 5.75 Å². The van der Waals surface area contributed by atoms with Crippen molar-refractivity contribution in [2.24, 2.45) is 5.92 Å². The van der Waals surface area contributed by atoms with Gasteiger partial charge >= 0.3 is 0 Å². The van der Waals surface area contributed by atoms with Gasteiger partial charge in [-0.2, -0.15) is 0 Å². The van der Waals surface area contributed by atoms with Crippen molar-refractivity contribution in [1.82, 2.24) is 20.2 Å². The maximum atomic E-state index is 12.8. The third-order valence-electron chi connectivity index (χ3n) is 7.33. The monoisotopic (exact) mass is 524 g/mol. The smallest absolute Gasteiger partial charge is 0.253 e. The summed E-state index contributed by atoms with van der Waals surface area (Å²) in [7, 11) is 0. The summed E-state index contributed by atoms with van der Waals surface area (Å²) in [4.78, 5) is 23.4. The molecule has 37 heavy (non-hydrogen) atoms. The Kier molecular flexibility index (Phi) is 8.08. The van der Waals surface area contributed by atoms with Gasteiger partial charge in [-0.25, -0.2) is 4.98 Å². The molecule has 0 bridgehead atoms. The highest BCUT2D eigenvalue weighted by Crippen LogP contribution is 2.30. The molecule has 9 heteroatoms. The molecular weight excluding hydrogens is 492 g/mol. The zero-order valence-corrected chi connectivity index (χ0v) is 21.8. The van der Waals surface area contributed by atoms with Crippen LogP contribution >= 0.6 is 11.6 Å². The third kappa shape index (κ3) is 6.50. The van der Waals surface area contributed by atoms with E-state index in [1.54, 1.807) is 12.3 Å². The van der Waals surface area contributed by atoms with Gasteiger partial charge in [0, 0.05) is 38.1 Å². The second kappa shape index (κ2) is 11.6. The van der Waals surface area contributed by atoms with Crippen molar-refractivity contribution in [3.8, 4) is 5.75 Å². The normalized spacial score (nSPS) is 16.6. The molecule has 1 aromatic carbocycles. The Morgan fingerprint density at radius 2 is 2.16 bits per heavy atom. The molecule has 1 fully saturated rings. The van der Waals surface area contributed by atoms with E-state index in [0.717, 1.165) is 48.8 Å². The number of aliphatic hydroxyl groups excluding tert-OH is 1. The van der Waals surface area contributed by atoms with Gasteiger partial charge in [-0.3, -0.25) is 14.7 Å². The van der Waals surface area contributed by atoms with Crippen molar-refractivity contribution in [3.05, 3.63) is 75.7 Å². The molecule has 2 aromatic heterocycles. The lowest BCUT2D eigenvalue weighted by Crippen LogP contribution is -2.42. The number of hydrogen-bond donors (Lipinski definition) is 2. The van der Waals surface area contributed by atoms with E-state index in [1.165, 1.54) is 36.8 Å². The number of oxazole rings is 1. The van der Waals surface area contributed by atoms with Crippen molar-refractivity contribution in [2.45, 2.75) is 58.3 Å². The summed E-state index contributed by atoms with van der Waals surface area (Å²) >= 11 is 6.25. The number of aromatic nitrogens is 2. The fraction of sp³-hybridized carbons (Fsp3) is 0.464. The molecule has 1 aliphatic carbocycles. The topological polar surface area (TPSA) is 101 Å². The highest BCUT2D eigenvalue weighted by molar-refractivity contribution is 6.33. The highest BCUT2D eigenvalue weighted by Gasteiger charge is 2.22. The molecule has 3 heterocycles. The molecule has 5 rings (SSSR count). The van der Waals surface area contributed by atoms with Crippen LogP contribution < -0.4 is 10.1 Å². The van der Waals surface area contributed by atoms with Gasteiger partial charge in [0.05, 0.1) is 22.4 Å². The number of amides is 1. The van der Waals surface area contributed by atoms with E-state index in [9.17, 15) is 9.90 Å². The number of ether oxygens (including phenoxy) is 1. The number of rotatable bonds is 10. The minimum absolute atomic E-state index is 0.159. The van der Waals surface area contributed by atoms with Crippen LogP contribution in [0, 0.1) is 12.8 Å². The minimum atomic E-state index is -0.687. The summed E-state index contributed by atoms with van der Waals surface area (Å²) in [5.41, 5.74) is 4.61. The number of halogens is 1. The minimum Gasteiger partial charge on any atom is -0.486 e. The molecular formula is C28H33ClN4O4. The summed E-state index contributed by atoms with van der Waals surface area (Å²) < 4.78 is 11.2. The molecule has 1 aliphatic heterocycles. The highest BCUT2D eigenvalue weighted by atomic mass is 35.5. The Balaban J connectivity index is 1.09. The van der Waals surface area contributed by atoms with Crippen molar-refractivity contribution in [3.63, 3.8) is 0 Å². The summed E-state index contributed by atoms with van der Waals surface area (Å²) in [6.45, 7) is 4.43. The first-order chi connectivity index (χ1) is 17.9. The van der Waals surface area contributed by atoms with E-state index in [2.05, 4.69) is 32.3 Å². The summed E-state index contributed by atoms with van der Waals surface area (Å²) in [6, 6.07) is 7.90. The number of aryl methyl sites for hydroxylation is 1. The first kappa shape index (κ1) is 25.7. The number of fused-ring (bicyclic) bond motifs is 1. The zero-order valence-electron chi connectivity index (χ0n) is 21.1. The number of carbonyl (C=O) groups is 1. The zero-order chi connectivity index (χ0) is 25.8. The van der Waals surface area contributed by atoms with Crippen molar-refractivity contribution in [1.29, 1.82) is 0 Å². The first-order valence-corrected chi connectivity index (χ1v) is 13.3. The predicted octanol–water partition coefficient (Wildman–Crippen LogP) is 4.10. The largest absolute Gasteiger partial charge is 0.486 e. The van der Waals surface area contributed by atoms with E-state index in [4.69, 9.17) is 20.8 Å². The van der Waals surface area contributed by atoms with Crippen LogP contribution in [-0.4, -0.2) is 51.6 Å². The maximum absolute atomic E-state index is 12.8. The average molecular weight is 525 g/mol. The second-order valence-electron chi connectivity index (χ2n) is 10.1. The Hall–Kier alpha value is -2.94. The number of benzene rings is 1. The molecule has 1 amide bonds.